The van der Waals surface area contributed by atoms with Crippen LogP contribution in [0.1, 0.15) is 36.8 Å². The molecule has 1 aliphatic heterocycles. The van der Waals surface area contributed by atoms with Crippen LogP contribution in [0.2, 0.25) is 0 Å². The molecule has 1 heterocycles. The summed E-state index contributed by atoms with van der Waals surface area (Å²) < 4.78 is 44.5. The first kappa shape index (κ1) is 27.5. The molecule has 2 rings (SSSR count). The Labute approximate surface area is 199 Å². The van der Waals surface area contributed by atoms with E-state index in [-0.39, 0.29) is 42.3 Å². The van der Waals surface area contributed by atoms with Crippen LogP contribution in [0.5, 0.6) is 0 Å². The number of hydrogen-bond acceptors (Lipinski definition) is 3. The molecule has 0 bridgehead atoms. The topological polar surface area (TPSA) is 57.2 Å². The third-order valence-corrected chi connectivity index (χ3v) is 4.99. The number of likely N-dealkylation sites (tertiary alicyclic amines) is 1. The molecule has 31 heavy (non-hydrogen) atoms. The van der Waals surface area contributed by atoms with Gasteiger partial charge in [0, 0.05) is 52.9 Å². The Kier molecular flexibility index (Phi) is 11.6. The Morgan fingerprint density at radius 2 is 2.10 bits per heavy atom. The summed E-state index contributed by atoms with van der Waals surface area (Å²) in [4.78, 5) is 19.9. The summed E-state index contributed by atoms with van der Waals surface area (Å²) in [6, 6.07) is 5.52. The Balaban J connectivity index is 0.00000480. The van der Waals surface area contributed by atoms with E-state index in [1.54, 1.807) is 20.2 Å². The van der Waals surface area contributed by atoms with Gasteiger partial charge in [-0.2, -0.15) is 13.2 Å². The zero-order valence-corrected chi connectivity index (χ0v) is 20.6. The molecule has 176 valence electrons. The van der Waals surface area contributed by atoms with Crippen LogP contribution in [0.3, 0.4) is 0 Å². The molecule has 6 nitrogen and oxygen atoms in total. The fourth-order valence-electron chi connectivity index (χ4n) is 3.26. The highest BCUT2D eigenvalue weighted by atomic mass is 127. The molecule has 1 saturated heterocycles. The highest BCUT2D eigenvalue weighted by Crippen LogP contribution is 2.33. The number of hydrogen-bond donors (Lipinski definition) is 1. The lowest BCUT2D eigenvalue weighted by atomic mass is 9.96. The number of halogens is 4. The number of amides is 1. The van der Waals surface area contributed by atoms with Gasteiger partial charge in [-0.3, -0.25) is 4.79 Å². The highest BCUT2D eigenvalue weighted by Gasteiger charge is 2.32. The van der Waals surface area contributed by atoms with Gasteiger partial charge in [-0.25, -0.2) is 4.99 Å². The molecule has 1 aromatic rings. The van der Waals surface area contributed by atoms with Crippen LogP contribution in [0, 0.1) is 0 Å². The summed E-state index contributed by atoms with van der Waals surface area (Å²) in [5.74, 6) is 0.473. The van der Waals surface area contributed by atoms with Gasteiger partial charge < -0.3 is 19.9 Å². The van der Waals surface area contributed by atoms with E-state index in [0.717, 1.165) is 18.9 Å². The number of aliphatic imine (C=N–C) groups is 1. The summed E-state index contributed by atoms with van der Waals surface area (Å²) in [7, 11) is 3.35. The SMILES string of the molecule is CCOCCCNC(=NCC(=O)N(C)C)N1CCC(c2cccc(C(F)(F)F)c2)C1.I. The van der Waals surface area contributed by atoms with Crippen molar-refractivity contribution in [2.45, 2.75) is 31.9 Å². The standard InChI is InChI=1S/C21H31F3N4O2.HI/c1-4-30-12-6-10-25-20(26-14-19(29)27(2)3)28-11-9-17(15-28)16-7-5-8-18(13-16)21(22,23)24;/h5,7-8,13,17H,4,6,9-12,14-15H2,1-3H3,(H,25,26);1H. The van der Waals surface area contributed by atoms with Crippen molar-refractivity contribution in [1.82, 2.24) is 15.1 Å². The van der Waals surface area contributed by atoms with Gasteiger partial charge in [-0.05, 0) is 31.4 Å². The Morgan fingerprint density at radius 1 is 1.35 bits per heavy atom. The van der Waals surface area contributed by atoms with Crippen LogP contribution in [0.25, 0.3) is 0 Å². The minimum atomic E-state index is -4.35. The normalized spacial score (nSPS) is 16.8. The number of guanidine groups is 1. The lowest BCUT2D eigenvalue weighted by Gasteiger charge is -2.23. The van der Waals surface area contributed by atoms with E-state index in [1.165, 1.54) is 17.0 Å². The smallest absolute Gasteiger partial charge is 0.382 e. The van der Waals surface area contributed by atoms with Crippen LogP contribution < -0.4 is 5.32 Å². The van der Waals surface area contributed by atoms with Gasteiger partial charge in [0.1, 0.15) is 6.54 Å². The summed E-state index contributed by atoms with van der Waals surface area (Å²) in [6.45, 7) is 5.09. The Morgan fingerprint density at radius 3 is 2.74 bits per heavy atom. The number of ether oxygens (including phenoxy) is 1. The molecule has 0 spiro atoms. The molecule has 1 aromatic carbocycles. The summed E-state index contributed by atoms with van der Waals surface area (Å²) in [6.07, 6.45) is -2.84. The predicted octanol–water partition coefficient (Wildman–Crippen LogP) is 3.57. The Bertz CT molecular complexity index is 729. The number of nitrogens with one attached hydrogen (secondary N) is 1. The second-order valence-electron chi connectivity index (χ2n) is 7.46. The average molecular weight is 556 g/mol. The molecule has 0 saturated carbocycles. The molecular weight excluding hydrogens is 524 g/mol. The molecule has 1 aliphatic rings. The van der Waals surface area contributed by atoms with Crippen LogP contribution in [-0.4, -0.2) is 75.2 Å². The van der Waals surface area contributed by atoms with E-state index in [1.807, 2.05) is 11.8 Å². The van der Waals surface area contributed by atoms with Crippen LogP contribution in [0.4, 0.5) is 13.2 Å². The van der Waals surface area contributed by atoms with Gasteiger partial charge >= 0.3 is 6.18 Å². The summed E-state index contributed by atoms with van der Waals surface area (Å²) >= 11 is 0. The van der Waals surface area contributed by atoms with Crippen LogP contribution in [-0.2, 0) is 15.7 Å². The highest BCUT2D eigenvalue weighted by molar-refractivity contribution is 14.0. The first-order valence-electron chi connectivity index (χ1n) is 10.2. The van der Waals surface area contributed by atoms with Crippen molar-refractivity contribution in [3.05, 3.63) is 35.4 Å². The van der Waals surface area contributed by atoms with E-state index >= 15 is 0 Å². The van der Waals surface area contributed by atoms with Crippen molar-refractivity contribution in [1.29, 1.82) is 0 Å². The quantitative estimate of drug-likeness (QED) is 0.230. The van der Waals surface area contributed by atoms with Gasteiger partial charge in [0.25, 0.3) is 0 Å². The number of likely N-dealkylation sites (N-methyl/N-ethyl adjacent to an activating group) is 1. The number of alkyl halides is 3. The lowest BCUT2D eigenvalue weighted by molar-refractivity contribution is -0.137. The van der Waals surface area contributed by atoms with Crippen molar-refractivity contribution in [2.75, 3.05) is 53.5 Å². The van der Waals surface area contributed by atoms with Crippen molar-refractivity contribution in [3.8, 4) is 0 Å². The minimum absolute atomic E-state index is 0. The van der Waals surface area contributed by atoms with Gasteiger partial charge in [0.2, 0.25) is 5.91 Å². The maximum atomic E-state index is 13.0. The molecule has 1 N–H and O–H groups in total. The van der Waals surface area contributed by atoms with Gasteiger partial charge in [-0.15, -0.1) is 24.0 Å². The fraction of sp³-hybridized carbons (Fsp3) is 0.619. The van der Waals surface area contributed by atoms with E-state index in [4.69, 9.17) is 4.74 Å². The second-order valence-corrected chi connectivity index (χ2v) is 7.46. The molecular formula is C21H32F3IN4O2. The first-order valence-corrected chi connectivity index (χ1v) is 10.2. The molecule has 1 unspecified atom stereocenters. The molecule has 1 amide bonds. The largest absolute Gasteiger partial charge is 0.416 e. The molecule has 0 aliphatic carbocycles. The number of nitrogens with zero attached hydrogens (tertiary/aromatic N) is 3. The van der Waals surface area contributed by atoms with E-state index in [2.05, 4.69) is 10.3 Å². The number of carbonyl (C=O) groups excluding carboxylic acids is 1. The monoisotopic (exact) mass is 556 g/mol. The third-order valence-electron chi connectivity index (χ3n) is 4.99. The van der Waals surface area contributed by atoms with Gasteiger partial charge in [-0.1, -0.05) is 18.2 Å². The summed E-state index contributed by atoms with van der Waals surface area (Å²) in [5.41, 5.74) is 0.0466. The van der Waals surface area contributed by atoms with E-state index < -0.39 is 11.7 Å². The predicted molar refractivity (Wildman–Crippen MR) is 126 cm³/mol. The zero-order valence-electron chi connectivity index (χ0n) is 18.2. The number of carbonyl (C=O) groups is 1. The van der Waals surface area contributed by atoms with Crippen molar-refractivity contribution >= 4 is 35.8 Å². The molecule has 0 aromatic heterocycles. The van der Waals surface area contributed by atoms with E-state index in [9.17, 15) is 18.0 Å². The van der Waals surface area contributed by atoms with Crippen LogP contribution >= 0.6 is 24.0 Å². The van der Waals surface area contributed by atoms with Crippen molar-refractivity contribution < 1.29 is 22.7 Å². The lowest BCUT2D eigenvalue weighted by Crippen LogP contribution is -2.41. The van der Waals surface area contributed by atoms with Gasteiger partial charge in [0.15, 0.2) is 5.96 Å². The molecule has 10 heteroatoms. The molecule has 1 fully saturated rings. The minimum Gasteiger partial charge on any atom is -0.382 e. The average Bonchev–Trinajstić information content (AvgIpc) is 3.19. The van der Waals surface area contributed by atoms with Crippen molar-refractivity contribution in [2.24, 2.45) is 4.99 Å². The van der Waals surface area contributed by atoms with Crippen LogP contribution in [0.15, 0.2) is 29.3 Å². The second kappa shape index (κ2) is 13.1. The Hall–Kier alpha value is -1.56. The zero-order chi connectivity index (χ0) is 22.1. The maximum Gasteiger partial charge on any atom is 0.416 e. The molecule has 1 atom stereocenters. The summed E-state index contributed by atoms with van der Waals surface area (Å²) in [5, 5.41) is 3.27. The third kappa shape index (κ3) is 8.83. The van der Waals surface area contributed by atoms with Crippen molar-refractivity contribution in [3.63, 3.8) is 0 Å². The first-order chi connectivity index (χ1) is 14.2. The molecule has 0 radical (unpaired) electrons. The number of benzene rings is 1. The maximum absolute atomic E-state index is 13.0. The van der Waals surface area contributed by atoms with E-state index in [0.29, 0.717) is 44.4 Å². The fourth-order valence-corrected chi connectivity index (χ4v) is 3.26. The van der Waals surface area contributed by atoms with Gasteiger partial charge in [0.05, 0.1) is 5.56 Å². The number of rotatable bonds is 8.